The van der Waals surface area contributed by atoms with Crippen molar-refractivity contribution in [3.05, 3.63) is 79.9 Å². The predicted molar refractivity (Wildman–Crippen MR) is 104 cm³/mol. The molecular weight excluding hydrogens is 362 g/mol. The molecule has 2 aromatic rings. The first-order valence-electron chi connectivity index (χ1n) is 8.90. The van der Waals surface area contributed by atoms with Gasteiger partial charge in [-0.25, -0.2) is 0 Å². The van der Waals surface area contributed by atoms with Crippen LogP contribution in [0.5, 0.6) is 0 Å². The van der Waals surface area contributed by atoms with E-state index in [0.29, 0.717) is 13.2 Å². The number of non-ortho nitro benzene ring substituents is 2. The molecule has 144 valence electrons. The quantitative estimate of drug-likeness (QED) is 0.585. The minimum absolute atomic E-state index is 0.0370. The van der Waals surface area contributed by atoms with Gasteiger partial charge in [0, 0.05) is 41.9 Å². The van der Waals surface area contributed by atoms with Gasteiger partial charge in [-0.1, -0.05) is 19.9 Å². The number of benzene rings is 2. The van der Waals surface area contributed by atoms with E-state index in [1.807, 2.05) is 26.0 Å². The Hall–Kier alpha value is -3.26. The highest BCUT2D eigenvalue weighted by atomic mass is 16.6. The molecule has 2 aromatic carbocycles. The lowest BCUT2D eigenvalue weighted by atomic mass is 9.77. The molecule has 28 heavy (non-hydrogen) atoms. The summed E-state index contributed by atoms with van der Waals surface area (Å²) < 4.78 is 6.21. The highest BCUT2D eigenvalue weighted by Gasteiger charge is 2.59. The molecule has 1 saturated heterocycles. The molecule has 0 saturated carbocycles. The Balaban J connectivity index is 1.75. The number of rotatable bonds is 4. The molecule has 2 aliphatic heterocycles. The first-order valence-corrected chi connectivity index (χ1v) is 8.90. The molecular formula is C20H19N3O5. The molecule has 2 heterocycles. The van der Waals surface area contributed by atoms with E-state index in [1.54, 1.807) is 24.3 Å². The molecule has 0 N–H and O–H groups in total. The van der Waals surface area contributed by atoms with E-state index in [4.69, 9.17) is 4.74 Å². The number of hydrogen-bond acceptors (Lipinski definition) is 6. The minimum Gasteiger partial charge on any atom is -0.349 e. The van der Waals surface area contributed by atoms with Crippen molar-refractivity contribution in [1.82, 2.24) is 0 Å². The van der Waals surface area contributed by atoms with Crippen molar-refractivity contribution in [2.45, 2.75) is 25.0 Å². The lowest BCUT2D eigenvalue weighted by molar-refractivity contribution is -0.385. The average Bonchev–Trinajstić information content (AvgIpc) is 3.17. The number of ether oxygens (including phenoxy) is 1. The maximum atomic E-state index is 11.2. The summed E-state index contributed by atoms with van der Waals surface area (Å²) in [5.74, 6) is 0. The van der Waals surface area contributed by atoms with Crippen LogP contribution in [0.15, 0.2) is 48.5 Å². The van der Waals surface area contributed by atoms with Crippen molar-refractivity contribution in [3.63, 3.8) is 0 Å². The van der Waals surface area contributed by atoms with Gasteiger partial charge in [0.2, 0.25) is 0 Å². The van der Waals surface area contributed by atoms with Crippen LogP contribution in [-0.2, 0) is 10.2 Å². The summed E-state index contributed by atoms with van der Waals surface area (Å²) in [6.07, 6.45) is 3.83. The molecule has 1 unspecified atom stereocenters. The first kappa shape index (κ1) is 18.1. The molecule has 4 rings (SSSR count). The second-order valence-electron chi connectivity index (χ2n) is 7.46. The molecule has 2 aliphatic rings. The van der Waals surface area contributed by atoms with E-state index in [9.17, 15) is 20.2 Å². The molecule has 0 aromatic heterocycles. The molecule has 0 aliphatic carbocycles. The zero-order chi connectivity index (χ0) is 20.1. The lowest BCUT2D eigenvalue weighted by Crippen LogP contribution is -2.51. The van der Waals surface area contributed by atoms with E-state index in [1.165, 1.54) is 18.2 Å². The van der Waals surface area contributed by atoms with Crippen molar-refractivity contribution in [3.8, 4) is 0 Å². The second-order valence-corrected chi connectivity index (χ2v) is 7.46. The number of hydrogen-bond donors (Lipinski definition) is 0. The Kier molecular flexibility index (Phi) is 3.97. The van der Waals surface area contributed by atoms with Crippen LogP contribution in [0, 0.1) is 20.2 Å². The van der Waals surface area contributed by atoms with Crippen molar-refractivity contribution in [1.29, 1.82) is 0 Å². The standard InChI is InChI=1S/C20H19N3O5/c1-19(2)17-13-16(23(26)27)7-8-18(17)21-11-12-28-20(19,21)10-9-14-3-5-15(6-4-14)22(24)25/h3-10,13H,11-12H2,1-2H3. The van der Waals surface area contributed by atoms with Crippen LogP contribution in [0.2, 0.25) is 0 Å². The summed E-state index contributed by atoms with van der Waals surface area (Å²) in [6.45, 7) is 5.26. The summed E-state index contributed by atoms with van der Waals surface area (Å²) in [7, 11) is 0. The van der Waals surface area contributed by atoms with Gasteiger partial charge in [0.1, 0.15) is 0 Å². The van der Waals surface area contributed by atoms with Crippen LogP contribution in [-0.4, -0.2) is 28.7 Å². The Labute approximate surface area is 161 Å². The summed E-state index contributed by atoms with van der Waals surface area (Å²) in [4.78, 5) is 23.4. The van der Waals surface area contributed by atoms with Gasteiger partial charge in [0.05, 0.1) is 16.5 Å². The van der Waals surface area contributed by atoms with Gasteiger partial charge in [-0.2, -0.15) is 0 Å². The van der Waals surface area contributed by atoms with E-state index >= 15 is 0 Å². The molecule has 1 fully saturated rings. The molecule has 8 heteroatoms. The number of anilines is 1. The van der Waals surface area contributed by atoms with Crippen molar-refractivity contribution in [2.75, 3.05) is 18.1 Å². The summed E-state index contributed by atoms with van der Waals surface area (Å²) in [5.41, 5.74) is 1.41. The predicted octanol–water partition coefficient (Wildman–Crippen LogP) is 4.04. The second kappa shape index (κ2) is 6.13. The SMILES string of the molecule is CC1(C)c2cc([N+](=O)[O-])ccc2N2CCOC21C=Cc1ccc([N+](=O)[O-])cc1. The first-order chi connectivity index (χ1) is 13.3. The number of fused-ring (bicyclic) bond motifs is 3. The van der Waals surface area contributed by atoms with Crippen LogP contribution in [0.1, 0.15) is 25.0 Å². The van der Waals surface area contributed by atoms with Crippen LogP contribution in [0.25, 0.3) is 6.08 Å². The minimum atomic E-state index is -0.771. The number of nitro benzene ring substituents is 2. The fraction of sp³-hybridized carbons (Fsp3) is 0.300. The molecule has 0 radical (unpaired) electrons. The molecule has 8 nitrogen and oxygen atoms in total. The maximum absolute atomic E-state index is 11.2. The molecule has 0 bridgehead atoms. The van der Waals surface area contributed by atoms with Crippen molar-refractivity contribution >= 4 is 23.1 Å². The normalized spacial score (nSPS) is 22.3. The van der Waals surface area contributed by atoms with Gasteiger partial charge >= 0.3 is 0 Å². The van der Waals surface area contributed by atoms with Crippen molar-refractivity contribution < 1.29 is 14.6 Å². The van der Waals surface area contributed by atoms with Gasteiger partial charge in [-0.3, -0.25) is 20.2 Å². The largest absolute Gasteiger partial charge is 0.349 e. The Bertz CT molecular complexity index is 999. The van der Waals surface area contributed by atoms with E-state index in [-0.39, 0.29) is 16.3 Å². The molecule has 0 amide bonds. The zero-order valence-corrected chi connectivity index (χ0v) is 15.5. The smallest absolute Gasteiger partial charge is 0.269 e. The van der Waals surface area contributed by atoms with Crippen LogP contribution >= 0.6 is 0 Å². The monoisotopic (exact) mass is 381 g/mol. The summed E-state index contributed by atoms with van der Waals surface area (Å²) in [6, 6.07) is 11.2. The topological polar surface area (TPSA) is 98.8 Å². The van der Waals surface area contributed by atoms with Crippen LogP contribution in [0.3, 0.4) is 0 Å². The van der Waals surface area contributed by atoms with Crippen molar-refractivity contribution in [2.24, 2.45) is 0 Å². The molecule has 1 atom stereocenters. The van der Waals surface area contributed by atoms with Crippen LogP contribution in [0.4, 0.5) is 17.1 Å². The Morgan fingerprint density at radius 1 is 1.04 bits per heavy atom. The maximum Gasteiger partial charge on any atom is 0.269 e. The number of nitro groups is 2. The fourth-order valence-electron chi connectivity index (χ4n) is 4.18. The van der Waals surface area contributed by atoms with E-state index in [0.717, 1.165) is 16.8 Å². The number of nitrogens with zero attached hydrogens (tertiary/aromatic N) is 3. The lowest BCUT2D eigenvalue weighted by Gasteiger charge is -2.39. The van der Waals surface area contributed by atoms with E-state index in [2.05, 4.69) is 4.90 Å². The Morgan fingerprint density at radius 2 is 1.68 bits per heavy atom. The highest BCUT2D eigenvalue weighted by Crippen LogP contribution is 2.55. The molecule has 0 spiro atoms. The third-order valence-corrected chi connectivity index (χ3v) is 5.69. The highest BCUT2D eigenvalue weighted by molar-refractivity contribution is 5.71. The average molecular weight is 381 g/mol. The summed E-state index contributed by atoms with van der Waals surface area (Å²) in [5, 5.41) is 22.1. The fourth-order valence-corrected chi connectivity index (χ4v) is 4.18. The van der Waals surface area contributed by atoms with Gasteiger partial charge < -0.3 is 9.64 Å². The van der Waals surface area contributed by atoms with Gasteiger partial charge in [0.25, 0.3) is 11.4 Å². The summed E-state index contributed by atoms with van der Waals surface area (Å²) >= 11 is 0. The third kappa shape index (κ3) is 2.49. The Morgan fingerprint density at radius 3 is 2.32 bits per heavy atom. The third-order valence-electron chi connectivity index (χ3n) is 5.69. The van der Waals surface area contributed by atoms with Gasteiger partial charge in [-0.05, 0) is 35.4 Å². The van der Waals surface area contributed by atoms with Crippen LogP contribution < -0.4 is 4.90 Å². The van der Waals surface area contributed by atoms with E-state index < -0.39 is 16.1 Å². The van der Waals surface area contributed by atoms with Gasteiger partial charge in [-0.15, -0.1) is 0 Å². The zero-order valence-electron chi connectivity index (χ0n) is 15.5. The van der Waals surface area contributed by atoms with Gasteiger partial charge in [0.15, 0.2) is 5.72 Å².